The molecule has 0 aromatic heterocycles. The van der Waals surface area contributed by atoms with Crippen molar-refractivity contribution in [2.75, 3.05) is 0 Å². The number of carbonyl (C=O) groups is 1. The summed E-state index contributed by atoms with van der Waals surface area (Å²) in [5.74, 6) is -1.89. The summed E-state index contributed by atoms with van der Waals surface area (Å²) in [6.45, 7) is 0. The maximum absolute atomic E-state index is 13.6. The summed E-state index contributed by atoms with van der Waals surface area (Å²) in [5.41, 5.74) is 0.453. The fraction of sp³-hybridized carbons (Fsp3) is 0.0714. The van der Waals surface area contributed by atoms with Crippen LogP contribution < -0.4 is 4.74 Å². The van der Waals surface area contributed by atoms with Crippen molar-refractivity contribution in [2.24, 2.45) is 0 Å². The van der Waals surface area contributed by atoms with E-state index >= 15 is 0 Å². The zero-order valence-electron chi connectivity index (χ0n) is 9.72. The van der Waals surface area contributed by atoms with Gasteiger partial charge in [-0.3, -0.25) is 0 Å². The lowest BCUT2D eigenvalue weighted by Gasteiger charge is -2.16. The van der Waals surface area contributed by atoms with Gasteiger partial charge in [-0.25, -0.2) is 9.18 Å². The van der Waals surface area contributed by atoms with Crippen molar-refractivity contribution >= 4 is 21.9 Å². The van der Waals surface area contributed by atoms with Gasteiger partial charge in [0.25, 0.3) is 0 Å². The third-order valence-corrected chi connectivity index (χ3v) is 2.96. The van der Waals surface area contributed by atoms with Crippen LogP contribution in [0.2, 0.25) is 0 Å². The Morgan fingerprint density at radius 2 is 1.89 bits per heavy atom. The number of halogens is 2. The predicted molar refractivity (Wildman–Crippen MR) is 71.5 cm³/mol. The van der Waals surface area contributed by atoms with Crippen LogP contribution in [0.15, 0.2) is 53.0 Å². The molecule has 0 fully saturated rings. The Balaban J connectivity index is 2.32. The summed E-state index contributed by atoms with van der Waals surface area (Å²) in [6, 6.07) is 12.5. The number of rotatable bonds is 4. The number of hydrogen-bond donors (Lipinski definition) is 1. The Bertz CT molecular complexity index is 586. The van der Waals surface area contributed by atoms with Crippen molar-refractivity contribution in [3.63, 3.8) is 0 Å². The minimum Gasteiger partial charge on any atom is -0.478 e. The topological polar surface area (TPSA) is 46.5 Å². The fourth-order valence-electron chi connectivity index (χ4n) is 1.58. The second-order valence-electron chi connectivity index (χ2n) is 3.82. The maximum atomic E-state index is 13.6. The number of benzene rings is 2. The average molecular weight is 325 g/mol. The minimum absolute atomic E-state index is 0.106. The molecule has 0 amide bonds. The van der Waals surface area contributed by atoms with Gasteiger partial charge in [0.15, 0.2) is 11.6 Å². The van der Waals surface area contributed by atoms with E-state index in [1.165, 1.54) is 18.2 Å². The van der Waals surface area contributed by atoms with Crippen LogP contribution in [0.3, 0.4) is 0 Å². The van der Waals surface area contributed by atoms with Gasteiger partial charge < -0.3 is 9.84 Å². The normalized spacial score (nSPS) is 11.9. The second kappa shape index (κ2) is 5.84. The summed E-state index contributed by atoms with van der Waals surface area (Å²) in [5, 5.41) is 9.19. The van der Waals surface area contributed by atoms with Crippen LogP contribution in [0, 0.1) is 5.82 Å². The number of hydrogen-bond acceptors (Lipinski definition) is 2. The highest BCUT2D eigenvalue weighted by molar-refractivity contribution is 9.10. The molecule has 1 N–H and O–H groups in total. The van der Waals surface area contributed by atoms with E-state index in [9.17, 15) is 14.3 Å². The van der Waals surface area contributed by atoms with Crippen molar-refractivity contribution in [2.45, 2.75) is 6.10 Å². The Morgan fingerprint density at radius 1 is 1.21 bits per heavy atom. The molecule has 0 radical (unpaired) electrons. The van der Waals surface area contributed by atoms with Crippen LogP contribution in [0.1, 0.15) is 11.7 Å². The molecule has 0 spiro atoms. The monoisotopic (exact) mass is 324 g/mol. The molecule has 0 aliphatic carbocycles. The van der Waals surface area contributed by atoms with E-state index in [1.54, 1.807) is 30.3 Å². The highest BCUT2D eigenvalue weighted by Crippen LogP contribution is 2.27. The molecule has 2 aromatic rings. The third kappa shape index (κ3) is 3.32. The first-order chi connectivity index (χ1) is 9.08. The molecule has 0 bridgehead atoms. The molecule has 3 nitrogen and oxygen atoms in total. The molecule has 1 atom stereocenters. The molecule has 98 valence electrons. The quantitative estimate of drug-likeness (QED) is 0.930. The number of carboxylic acids is 1. The molecule has 0 saturated heterocycles. The molecule has 19 heavy (non-hydrogen) atoms. The number of carboxylic acid groups (broad SMARTS) is 1. The molecule has 0 saturated carbocycles. The number of aliphatic carboxylic acids is 1. The van der Waals surface area contributed by atoms with Gasteiger partial charge in [-0.05, 0) is 18.2 Å². The van der Waals surface area contributed by atoms with E-state index in [0.717, 1.165) is 0 Å². The minimum atomic E-state index is -1.25. The molecule has 0 aliphatic rings. The van der Waals surface area contributed by atoms with E-state index in [2.05, 4.69) is 15.9 Å². The van der Waals surface area contributed by atoms with E-state index in [0.29, 0.717) is 10.0 Å². The first kappa shape index (κ1) is 13.5. The summed E-state index contributed by atoms with van der Waals surface area (Å²) < 4.78 is 19.5. The molecule has 2 rings (SSSR count). The first-order valence-electron chi connectivity index (χ1n) is 5.47. The van der Waals surface area contributed by atoms with Gasteiger partial charge in [-0.2, -0.15) is 0 Å². The van der Waals surface area contributed by atoms with Gasteiger partial charge in [0, 0.05) is 10.0 Å². The molecule has 2 aromatic carbocycles. The smallest absolute Gasteiger partial charge is 0.349 e. The van der Waals surface area contributed by atoms with Crippen LogP contribution >= 0.6 is 15.9 Å². The van der Waals surface area contributed by atoms with Crippen molar-refractivity contribution < 1.29 is 19.0 Å². The van der Waals surface area contributed by atoms with Crippen LogP contribution in [-0.4, -0.2) is 11.1 Å². The van der Waals surface area contributed by atoms with Crippen LogP contribution in [0.5, 0.6) is 5.75 Å². The molecule has 1 unspecified atom stereocenters. The predicted octanol–water partition coefficient (Wildman–Crippen LogP) is 3.79. The van der Waals surface area contributed by atoms with Crippen molar-refractivity contribution in [3.8, 4) is 5.75 Å². The fourth-order valence-corrected chi connectivity index (χ4v) is 1.92. The Labute approximate surface area is 117 Å². The molecular formula is C14H10BrFO3. The maximum Gasteiger partial charge on any atom is 0.349 e. The summed E-state index contributed by atoms with van der Waals surface area (Å²) in [6.07, 6.45) is -1.25. The van der Waals surface area contributed by atoms with E-state index in [4.69, 9.17) is 4.74 Å². The van der Waals surface area contributed by atoms with Crippen LogP contribution in [-0.2, 0) is 4.79 Å². The molecule has 0 heterocycles. The van der Waals surface area contributed by atoms with Crippen molar-refractivity contribution in [3.05, 3.63) is 64.4 Å². The standard InChI is InChI=1S/C14H10BrFO3/c15-10-6-7-11(16)12(8-10)19-13(14(17)18)9-4-2-1-3-5-9/h1-8,13H,(H,17,18). The molecular weight excluding hydrogens is 315 g/mol. The van der Waals surface area contributed by atoms with Crippen LogP contribution in [0.25, 0.3) is 0 Å². The number of ether oxygens (including phenoxy) is 1. The van der Waals surface area contributed by atoms with Gasteiger partial charge in [-0.15, -0.1) is 0 Å². The Morgan fingerprint density at radius 3 is 2.53 bits per heavy atom. The summed E-state index contributed by atoms with van der Waals surface area (Å²) >= 11 is 3.19. The lowest BCUT2D eigenvalue weighted by Crippen LogP contribution is -2.18. The van der Waals surface area contributed by atoms with Gasteiger partial charge in [-0.1, -0.05) is 46.3 Å². The largest absolute Gasteiger partial charge is 0.478 e. The summed E-state index contributed by atoms with van der Waals surface area (Å²) in [4.78, 5) is 11.2. The van der Waals surface area contributed by atoms with E-state index in [1.807, 2.05) is 0 Å². The van der Waals surface area contributed by atoms with Gasteiger partial charge in [0.2, 0.25) is 6.10 Å². The van der Waals surface area contributed by atoms with Crippen molar-refractivity contribution in [1.82, 2.24) is 0 Å². The average Bonchev–Trinajstić information content (AvgIpc) is 2.40. The van der Waals surface area contributed by atoms with Gasteiger partial charge >= 0.3 is 5.97 Å². The molecule has 5 heteroatoms. The first-order valence-corrected chi connectivity index (χ1v) is 6.26. The van der Waals surface area contributed by atoms with Crippen LogP contribution in [0.4, 0.5) is 4.39 Å². The lowest BCUT2D eigenvalue weighted by atomic mass is 10.1. The molecule has 0 aliphatic heterocycles. The van der Waals surface area contributed by atoms with E-state index in [-0.39, 0.29) is 5.75 Å². The highest BCUT2D eigenvalue weighted by atomic mass is 79.9. The Kier molecular flexibility index (Phi) is 4.16. The Hall–Kier alpha value is -1.88. The highest BCUT2D eigenvalue weighted by Gasteiger charge is 2.23. The third-order valence-electron chi connectivity index (χ3n) is 2.46. The van der Waals surface area contributed by atoms with Gasteiger partial charge in [0.05, 0.1) is 0 Å². The SMILES string of the molecule is O=C(O)C(Oc1cc(Br)ccc1F)c1ccccc1. The summed E-state index contributed by atoms with van der Waals surface area (Å²) in [7, 11) is 0. The lowest BCUT2D eigenvalue weighted by molar-refractivity contribution is -0.145. The second-order valence-corrected chi connectivity index (χ2v) is 4.74. The zero-order valence-corrected chi connectivity index (χ0v) is 11.3. The van der Waals surface area contributed by atoms with Crippen molar-refractivity contribution in [1.29, 1.82) is 0 Å². The van der Waals surface area contributed by atoms with E-state index < -0.39 is 17.9 Å². The van der Waals surface area contributed by atoms with Gasteiger partial charge in [0.1, 0.15) is 0 Å². The zero-order chi connectivity index (χ0) is 13.8.